The highest BCUT2D eigenvalue weighted by Gasteiger charge is 2.07. The van der Waals surface area contributed by atoms with Gasteiger partial charge in [0.15, 0.2) is 0 Å². The van der Waals surface area contributed by atoms with E-state index in [1.807, 2.05) is 13.8 Å². The van der Waals surface area contributed by atoms with Crippen LogP contribution in [0.25, 0.3) is 0 Å². The van der Waals surface area contributed by atoms with Gasteiger partial charge in [-0.25, -0.2) is 14.2 Å². The van der Waals surface area contributed by atoms with Gasteiger partial charge in [-0.05, 0) is 36.8 Å². The number of anilines is 3. The molecular weight excluding hydrogens is 311 g/mol. The van der Waals surface area contributed by atoms with E-state index < -0.39 is 6.09 Å². The summed E-state index contributed by atoms with van der Waals surface area (Å²) in [5, 5.41) is 5.57. The van der Waals surface area contributed by atoms with E-state index in [2.05, 4.69) is 15.6 Å². The van der Waals surface area contributed by atoms with E-state index in [0.717, 1.165) is 5.56 Å². The number of amides is 1. The van der Waals surface area contributed by atoms with Crippen LogP contribution >= 0.6 is 0 Å². The maximum absolute atomic E-state index is 12.8. The molecule has 0 aliphatic heterocycles. The number of hydrogen-bond acceptors (Lipinski definition) is 5. The number of halogens is 1. The SMILES string of the molecule is CC.CCOC(=O)Nc1ccc(NCc2ccc(F)cc2)nc1N. The van der Waals surface area contributed by atoms with Gasteiger partial charge in [-0.15, -0.1) is 0 Å². The van der Waals surface area contributed by atoms with Crippen molar-refractivity contribution in [2.75, 3.05) is 23.0 Å². The van der Waals surface area contributed by atoms with E-state index >= 15 is 0 Å². The summed E-state index contributed by atoms with van der Waals surface area (Å²) in [5.41, 5.74) is 7.08. The number of carbonyl (C=O) groups excluding carboxylic acids is 1. The Morgan fingerprint density at radius 3 is 2.46 bits per heavy atom. The van der Waals surface area contributed by atoms with E-state index in [9.17, 15) is 9.18 Å². The summed E-state index contributed by atoms with van der Waals surface area (Å²) in [6.07, 6.45) is -0.581. The highest BCUT2D eigenvalue weighted by atomic mass is 19.1. The Morgan fingerprint density at radius 2 is 1.88 bits per heavy atom. The minimum Gasteiger partial charge on any atom is -0.450 e. The number of nitrogens with one attached hydrogen (secondary N) is 2. The number of ether oxygens (including phenoxy) is 1. The number of hydrogen-bond donors (Lipinski definition) is 3. The predicted molar refractivity (Wildman–Crippen MR) is 94.4 cm³/mol. The minimum absolute atomic E-state index is 0.178. The molecular formula is C17H23FN4O2. The van der Waals surface area contributed by atoms with Crippen molar-refractivity contribution in [1.82, 2.24) is 4.98 Å². The van der Waals surface area contributed by atoms with Gasteiger partial charge in [-0.2, -0.15) is 0 Å². The molecule has 2 rings (SSSR count). The molecule has 7 heteroatoms. The highest BCUT2D eigenvalue weighted by molar-refractivity contribution is 5.88. The summed E-state index contributed by atoms with van der Waals surface area (Å²) in [7, 11) is 0. The summed E-state index contributed by atoms with van der Waals surface area (Å²) in [6, 6.07) is 9.47. The number of pyridine rings is 1. The normalized spacial score (nSPS) is 9.50. The number of nitrogens with two attached hydrogens (primary N) is 1. The quantitative estimate of drug-likeness (QED) is 0.769. The largest absolute Gasteiger partial charge is 0.450 e. The monoisotopic (exact) mass is 334 g/mol. The van der Waals surface area contributed by atoms with Crippen molar-refractivity contribution >= 4 is 23.4 Å². The molecule has 24 heavy (non-hydrogen) atoms. The van der Waals surface area contributed by atoms with E-state index in [1.54, 1.807) is 31.2 Å². The van der Waals surface area contributed by atoms with Crippen molar-refractivity contribution < 1.29 is 13.9 Å². The molecule has 130 valence electrons. The number of nitrogens with zero attached hydrogens (tertiary/aromatic N) is 1. The first kappa shape index (κ1) is 19.2. The molecule has 1 heterocycles. The molecule has 1 aromatic carbocycles. The molecule has 0 bridgehead atoms. The molecule has 0 unspecified atom stereocenters. The fourth-order valence-corrected chi connectivity index (χ4v) is 1.75. The molecule has 1 aromatic heterocycles. The zero-order valence-corrected chi connectivity index (χ0v) is 14.1. The standard InChI is InChI=1S/C15H17FN4O2.C2H6/c1-2-22-15(21)19-12-7-8-13(20-14(12)17)18-9-10-3-5-11(16)6-4-10;1-2/h3-8H,2,9H2,1H3,(H,19,21)(H3,17,18,20);1-2H3. The average Bonchev–Trinajstić information content (AvgIpc) is 2.59. The molecule has 4 N–H and O–H groups in total. The maximum Gasteiger partial charge on any atom is 0.411 e. The molecule has 0 aliphatic rings. The van der Waals surface area contributed by atoms with Crippen molar-refractivity contribution in [2.45, 2.75) is 27.3 Å². The summed E-state index contributed by atoms with van der Waals surface area (Å²) < 4.78 is 17.6. The molecule has 1 amide bonds. The second kappa shape index (κ2) is 10.0. The summed E-state index contributed by atoms with van der Waals surface area (Å²) in [6.45, 7) is 6.47. The lowest BCUT2D eigenvalue weighted by Crippen LogP contribution is -2.15. The number of nitrogen functional groups attached to an aromatic ring is 1. The Balaban J connectivity index is 0.00000139. The average molecular weight is 334 g/mol. The van der Waals surface area contributed by atoms with E-state index in [-0.39, 0.29) is 18.2 Å². The molecule has 6 nitrogen and oxygen atoms in total. The third-order valence-electron chi connectivity index (χ3n) is 2.82. The van der Waals surface area contributed by atoms with Gasteiger partial charge < -0.3 is 15.8 Å². The lowest BCUT2D eigenvalue weighted by molar-refractivity contribution is 0.168. The van der Waals surface area contributed by atoms with Crippen LogP contribution in [-0.4, -0.2) is 17.7 Å². The van der Waals surface area contributed by atoms with Crippen LogP contribution in [0, 0.1) is 5.82 Å². The van der Waals surface area contributed by atoms with Gasteiger partial charge >= 0.3 is 6.09 Å². The van der Waals surface area contributed by atoms with Gasteiger partial charge in [0.05, 0.1) is 12.3 Å². The smallest absolute Gasteiger partial charge is 0.411 e. The van der Waals surface area contributed by atoms with Crippen molar-refractivity contribution in [2.24, 2.45) is 0 Å². The number of carbonyl (C=O) groups is 1. The topological polar surface area (TPSA) is 89.3 Å². The summed E-state index contributed by atoms with van der Waals surface area (Å²) in [5.74, 6) is 0.453. The molecule has 0 saturated heterocycles. The van der Waals surface area contributed by atoms with Crippen LogP contribution in [0.15, 0.2) is 36.4 Å². The lowest BCUT2D eigenvalue weighted by Gasteiger charge is -2.10. The van der Waals surface area contributed by atoms with Gasteiger partial charge in [0.2, 0.25) is 0 Å². The Kier molecular flexibility index (Phi) is 8.04. The molecule has 0 radical (unpaired) electrons. The third-order valence-corrected chi connectivity index (χ3v) is 2.82. The second-order valence-electron chi connectivity index (χ2n) is 4.45. The van der Waals surface area contributed by atoms with Crippen molar-refractivity contribution in [3.8, 4) is 0 Å². The Bertz CT molecular complexity index is 648. The Morgan fingerprint density at radius 1 is 1.21 bits per heavy atom. The van der Waals surface area contributed by atoms with Crippen LogP contribution in [0.2, 0.25) is 0 Å². The fraction of sp³-hybridized carbons (Fsp3) is 0.294. The van der Waals surface area contributed by atoms with Crippen molar-refractivity contribution in [3.63, 3.8) is 0 Å². The maximum atomic E-state index is 12.8. The molecule has 2 aromatic rings. The van der Waals surface area contributed by atoms with E-state index in [1.165, 1.54) is 12.1 Å². The summed E-state index contributed by atoms with van der Waals surface area (Å²) >= 11 is 0. The highest BCUT2D eigenvalue weighted by Crippen LogP contribution is 2.19. The molecule has 0 saturated carbocycles. The first-order valence-corrected chi connectivity index (χ1v) is 7.77. The first-order chi connectivity index (χ1) is 11.6. The Labute approximate surface area is 141 Å². The zero-order chi connectivity index (χ0) is 17.9. The van der Waals surface area contributed by atoms with Gasteiger partial charge in [0.1, 0.15) is 17.5 Å². The van der Waals surface area contributed by atoms with Crippen molar-refractivity contribution in [3.05, 3.63) is 47.8 Å². The minimum atomic E-state index is -0.581. The predicted octanol–water partition coefficient (Wildman–Crippen LogP) is 4.01. The number of aromatic nitrogens is 1. The zero-order valence-electron chi connectivity index (χ0n) is 14.1. The second-order valence-corrected chi connectivity index (χ2v) is 4.45. The van der Waals surface area contributed by atoms with Crippen molar-refractivity contribution in [1.29, 1.82) is 0 Å². The van der Waals surface area contributed by atoms with Gasteiger partial charge in [-0.3, -0.25) is 5.32 Å². The van der Waals surface area contributed by atoms with Crippen LogP contribution in [0.3, 0.4) is 0 Å². The number of rotatable bonds is 5. The van der Waals surface area contributed by atoms with Crippen LogP contribution in [0.4, 0.5) is 26.5 Å². The first-order valence-electron chi connectivity index (χ1n) is 7.77. The van der Waals surface area contributed by atoms with E-state index in [4.69, 9.17) is 10.5 Å². The Hall–Kier alpha value is -2.83. The van der Waals surface area contributed by atoms with Crippen LogP contribution < -0.4 is 16.4 Å². The summed E-state index contributed by atoms with van der Waals surface area (Å²) in [4.78, 5) is 15.5. The van der Waals surface area contributed by atoms with Crippen LogP contribution in [0.1, 0.15) is 26.3 Å². The molecule has 0 aliphatic carbocycles. The molecule has 0 atom stereocenters. The van der Waals surface area contributed by atoms with E-state index in [0.29, 0.717) is 18.1 Å². The van der Waals surface area contributed by atoms with Gasteiger partial charge in [0, 0.05) is 6.54 Å². The molecule has 0 fully saturated rings. The molecule has 0 spiro atoms. The van der Waals surface area contributed by atoms with Gasteiger partial charge in [0.25, 0.3) is 0 Å². The fourth-order valence-electron chi connectivity index (χ4n) is 1.75. The van der Waals surface area contributed by atoms with Crippen LogP contribution in [-0.2, 0) is 11.3 Å². The lowest BCUT2D eigenvalue weighted by atomic mass is 10.2. The van der Waals surface area contributed by atoms with Gasteiger partial charge in [-0.1, -0.05) is 26.0 Å². The third kappa shape index (κ3) is 6.12. The number of benzene rings is 1. The van der Waals surface area contributed by atoms with Crippen LogP contribution in [0.5, 0.6) is 0 Å².